The zero-order chi connectivity index (χ0) is 18.1. The number of likely N-dealkylation sites (N-methyl/N-ethyl adjacent to an activating group) is 1. The molecule has 0 aromatic heterocycles. The largest absolute Gasteiger partial charge is 0.350 e. The molecular formula is C18H25Cl3N2O3. The average molecular weight is 424 g/mol. The van der Waals surface area contributed by atoms with Crippen molar-refractivity contribution in [1.82, 2.24) is 10.2 Å². The van der Waals surface area contributed by atoms with E-state index in [9.17, 15) is 4.79 Å². The molecule has 0 atom stereocenters. The minimum absolute atomic E-state index is 0. The van der Waals surface area contributed by atoms with Crippen molar-refractivity contribution in [2.75, 3.05) is 33.9 Å². The minimum Gasteiger partial charge on any atom is -0.350 e. The second-order valence-electron chi connectivity index (χ2n) is 7.04. The van der Waals surface area contributed by atoms with E-state index in [1.54, 1.807) is 18.2 Å². The summed E-state index contributed by atoms with van der Waals surface area (Å²) < 4.78 is 11.6. The van der Waals surface area contributed by atoms with E-state index >= 15 is 0 Å². The van der Waals surface area contributed by atoms with Crippen LogP contribution in [0.2, 0.25) is 10.0 Å². The number of amides is 1. The Kier molecular flexibility index (Phi) is 7.22. The predicted molar refractivity (Wildman–Crippen MR) is 106 cm³/mol. The van der Waals surface area contributed by atoms with Gasteiger partial charge in [-0.15, -0.1) is 12.4 Å². The predicted octanol–water partition coefficient (Wildman–Crippen LogP) is 3.76. The highest BCUT2D eigenvalue weighted by Crippen LogP contribution is 2.42. The van der Waals surface area contributed by atoms with Crippen LogP contribution in [0, 0.1) is 0 Å². The molecule has 1 aliphatic heterocycles. The molecule has 0 radical (unpaired) electrons. The monoisotopic (exact) mass is 422 g/mol. The summed E-state index contributed by atoms with van der Waals surface area (Å²) in [4.78, 5) is 14.7. The number of halogens is 3. The van der Waals surface area contributed by atoms with Crippen LogP contribution in [-0.4, -0.2) is 56.0 Å². The van der Waals surface area contributed by atoms with E-state index in [2.05, 4.69) is 24.3 Å². The molecule has 146 valence electrons. The summed E-state index contributed by atoms with van der Waals surface area (Å²) >= 11 is 11.9. The van der Waals surface area contributed by atoms with Crippen LogP contribution in [0.25, 0.3) is 0 Å². The molecule has 0 unspecified atom stereocenters. The molecule has 1 N–H and O–H groups in total. The second-order valence-corrected chi connectivity index (χ2v) is 7.85. The first-order valence-electron chi connectivity index (χ1n) is 8.55. The van der Waals surface area contributed by atoms with Crippen molar-refractivity contribution in [1.29, 1.82) is 0 Å². The van der Waals surface area contributed by atoms with Crippen molar-refractivity contribution in [2.24, 2.45) is 0 Å². The number of hydrogen-bond donors (Lipinski definition) is 1. The Hall–Kier alpha value is -0.560. The van der Waals surface area contributed by atoms with Crippen LogP contribution in [-0.2, 0) is 9.47 Å². The normalized spacial score (nSPS) is 20.8. The van der Waals surface area contributed by atoms with Crippen molar-refractivity contribution in [3.8, 4) is 0 Å². The Morgan fingerprint density at radius 2 is 1.73 bits per heavy atom. The van der Waals surface area contributed by atoms with Crippen LogP contribution in [0.15, 0.2) is 18.2 Å². The van der Waals surface area contributed by atoms with Gasteiger partial charge in [-0.1, -0.05) is 23.2 Å². The first kappa shape index (κ1) is 21.7. The summed E-state index contributed by atoms with van der Waals surface area (Å²) in [6.45, 7) is 1.90. The van der Waals surface area contributed by atoms with Gasteiger partial charge in [-0.25, -0.2) is 0 Å². The third-order valence-corrected chi connectivity index (χ3v) is 6.20. The van der Waals surface area contributed by atoms with Gasteiger partial charge in [-0.05, 0) is 45.1 Å². The van der Waals surface area contributed by atoms with Gasteiger partial charge < -0.3 is 19.7 Å². The molecule has 1 aliphatic carbocycles. The quantitative estimate of drug-likeness (QED) is 0.801. The molecular weight excluding hydrogens is 399 g/mol. The zero-order valence-corrected chi connectivity index (χ0v) is 17.3. The maximum atomic E-state index is 12.5. The van der Waals surface area contributed by atoms with Crippen molar-refractivity contribution in [3.05, 3.63) is 33.8 Å². The molecule has 2 aliphatic rings. The van der Waals surface area contributed by atoms with E-state index in [-0.39, 0.29) is 23.9 Å². The molecule has 26 heavy (non-hydrogen) atoms. The Labute approximate surface area is 170 Å². The Bertz CT molecular complexity index is 639. The van der Waals surface area contributed by atoms with E-state index < -0.39 is 5.79 Å². The fourth-order valence-electron chi connectivity index (χ4n) is 3.65. The van der Waals surface area contributed by atoms with E-state index in [1.807, 2.05) is 0 Å². The van der Waals surface area contributed by atoms with Crippen molar-refractivity contribution >= 4 is 41.5 Å². The maximum absolute atomic E-state index is 12.5. The summed E-state index contributed by atoms with van der Waals surface area (Å²) in [6.07, 6.45) is 3.49. The van der Waals surface area contributed by atoms with E-state index in [0.717, 1.165) is 25.7 Å². The number of ether oxygens (including phenoxy) is 2. The zero-order valence-electron chi connectivity index (χ0n) is 15.0. The molecule has 1 spiro atoms. The number of carbonyl (C=O) groups excluding carboxylic acids is 1. The van der Waals surface area contributed by atoms with Crippen LogP contribution in [0.1, 0.15) is 36.0 Å². The molecule has 5 nitrogen and oxygen atoms in total. The van der Waals surface area contributed by atoms with Crippen LogP contribution in [0.3, 0.4) is 0 Å². The first-order chi connectivity index (χ1) is 11.9. The average Bonchev–Trinajstić information content (AvgIpc) is 3.05. The highest BCUT2D eigenvalue weighted by atomic mass is 35.5. The third-order valence-electron chi connectivity index (χ3n) is 5.46. The lowest BCUT2D eigenvalue weighted by Gasteiger charge is -2.47. The molecule has 1 saturated heterocycles. The van der Waals surface area contributed by atoms with Gasteiger partial charge in [-0.2, -0.15) is 0 Å². The van der Waals surface area contributed by atoms with Gasteiger partial charge in [0.15, 0.2) is 5.79 Å². The molecule has 8 heteroatoms. The van der Waals surface area contributed by atoms with E-state index in [0.29, 0.717) is 35.4 Å². The maximum Gasteiger partial charge on any atom is 0.251 e. The van der Waals surface area contributed by atoms with Crippen LogP contribution in [0.4, 0.5) is 0 Å². The summed E-state index contributed by atoms with van der Waals surface area (Å²) in [5.74, 6) is -0.554. The molecule has 1 aromatic carbocycles. The lowest BCUT2D eigenvalue weighted by atomic mass is 9.77. The molecule has 1 saturated carbocycles. The van der Waals surface area contributed by atoms with Crippen molar-refractivity contribution in [3.63, 3.8) is 0 Å². The number of rotatable bonds is 4. The topological polar surface area (TPSA) is 50.8 Å². The SMILES string of the molecule is CN(C)C1(CNC(=O)c2ccc(Cl)c(Cl)c2)CCC2(CC1)OCCO2.Cl. The van der Waals surface area contributed by atoms with Crippen LogP contribution in [0.5, 0.6) is 0 Å². The fraction of sp³-hybridized carbons (Fsp3) is 0.611. The molecule has 0 bridgehead atoms. The molecule has 1 aromatic rings. The number of nitrogens with one attached hydrogen (secondary N) is 1. The van der Waals surface area contributed by atoms with Gasteiger partial charge in [0.2, 0.25) is 0 Å². The van der Waals surface area contributed by atoms with Gasteiger partial charge in [0, 0.05) is 30.5 Å². The Morgan fingerprint density at radius 1 is 1.12 bits per heavy atom. The smallest absolute Gasteiger partial charge is 0.251 e. The van der Waals surface area contributed by atoms with Gasteiger partial charge in [0.05, 0.1) is 23.3 Å². The molecule has 3 rings (SSSR count). The minimum atomic E-state index is -0.410. The lowest BCUT2D eigenvalue weighted by molar-refractivity contribution is -0.191. The second kappa shape index (κ2) is 8.63. The Balaban J connectivity index is 0.00000243. The number of benzene rings is 1. The Morgan fingerprint density at radius 3 is 2.27 bits per heavy atom. The van der Waals surface area contributed by atoms with Crippen molar-refractivity contribution in [2.45, 2.75) is 37.0 Å². The van der Waals surface area contributed by atoms with Gasteiger partial charge in [0.25, 0.3) is 5.91 Å². The number of hydrogen-bond acceptors (Lipinski definition) is 4. The molecule has 1 amide bonds. The van der Waals surface area contributed by atoms with Crippen molar-refractivity contribution < 1.29 is 14.3 Å². The number of carbonyl (C=O) groups is 1. The third kappa shape index (κ3) is 4.46. The fourth-order valence-corrected chi connectivity index (χ4v) is 3.95. The van der Waals surface area contributed by atoms with E-state index in [4.69, 9.17) is 32.7 Å². The first-order valence-corrected chi connectivity index (χ1v) is 9.30. The van der Waals surface area contributed by atoms with Gasteiger partial charge >= 0.3 is 0 Å². The van der Waals surface area contributed by atoms with E-state index in [1.165, 1.54) is 0 Å². The highest BCUT2D eigenvalue weighted by Gasteiger charge is 2.47. The summed E-state index contributed by atoms with van der Waals surface area (Å²) in [6, 6.07) is 4.92. The lowest BCUT2D eigenvalue weighted by Crippen LogP contribution is -2.57. The van der Waals surface area contributed by atoms with Crippen LogP contribution < -0.4 is 5.32 Å². The summed E-state index contributed by atoms with van der Waals surface area (Å²) in [5.41, 5.74) is 0.407. The summed E-state index contributed by atoms with van der Waals surface area (Å²) in [5, 5.41) is 3.88. The van der Waals surface area contributed by atoms with Crippen LogP contribution >= 0.6 is 35.6 Å². The molecule has 1 heterocycles. The highest BCUT2D eigenvalue weighted by molar-refractivity contribution is 6.42. The summed E-state index contributed by atoms with van der Waals surface area (Å²) in [7, 11) is 4.11. The number of nitrogens with zero attached hydrogens (tertiary/aromatic N) is 1. The standard InChI is InChI=1S/C18H24Cl2N2O3.ClH/c1-22(2)17(5-7-18(8-6-17)24-9-10-25-18)12-21-16(23)13-3-4-14(19)15(20)11-13;/h3-4,11H,5-10,12H2,1-2H3,(H,21,23);1H. The van der Waals surface area contributed by atoms with Gasteiger partial charge in [0.1, 0.15) is 0 Å². The molecule has 2 fully saturated rings. The van der Waals surface area contributed by atoms with Gasteiger partial charge in [-0.3, -0.25) is 4.79 Å².